The first-order valence-corrected chi connectivity index (χ1v) is 3.08. The summed E-state index contributed by atoms with van der Waals surface area (Å²) in [6.45, 7) is 0. The third-order valence-electron chi connectivity index (χ3n) is 1.45. The third-order valence-corrected chi connectivity index (χ3v) is 1.45. The molecule has 4 nitrogen and oxygen atoms in total. The van der Waals surface area contributed by atoms with Crippen LogP contribution in [0.5, 0.6) is 0 Å². The highest BCUT2D eigenvalue weighted by Gasteiger charge is 2.18. The normalized spacial score (nSPS) is 34.4. The van der Waals surface area contributed by atoms with Crippen molar-refractivity contribution in [2.45, 2.75) is 6.17 Å². The molecule has 0 aromatic carbocycles. The maximum atomic E-state index is 4.02. The number of aliphatic imine (C=N–C) groups is 2. The summed E-state index contributed by atoms with van der Waals surface area (Å²) in [5.41, 5.74) is 0. The highest BCUT2D eigenvalue weighted by molar-refractivity contribution is 5.78. The predicted molar refractivity (Wildman–Crippen MR) is 38.3 cm³/mol. The Balaban J connectivity index is 2.28. The van der Waals surface area contributed by atoms with E-state index in [1.54, 1.807) is 6.20 Å². The molecule has 0 aliphatic carbocycles. The smallest absolute Gasteiger partial charge is 0.173 e. The molecule has 50 valence electrons. The van der Waals surface area contributed by atoms with E-state index in [0.717, 1.165) is 0 Å². The van der Waals surface area contributed by atoms with Crippen molar-refractivity contribution in [3.63, 3.8) is 0 Å². The minimum atomic E-state index is -0.0532. The summed E-state index contributed by atoms with van der Waals surface area (Å²) >= 11 is 0. The lowest BCUT2D eigenvalue weighted by atomic mass is 10.1. The molecule has 0 fully saturated rings. The molecule has 2 heterocycles. The number of hydrogen-bond donors (Lipinski definition) is 0. The Bertz CT molecular complexity index is 188. The quantitative estimate of drug-likeness (QED) is 0.475. The SMILES string of the molecule is C1=CC2C=NC=NC2N=N1. The van der Waals surface area contributed by atoms with Gasteiger partial charge >= 0.3 is 0 Å². The van der Waals surface area contributed by atoms with Crippen LogP contribution in [0.4, 0.5) is 0 Å². The molecule has 2 atom stereocenters. The van der Waals surface area contributed by atoms with Crippen molar-refractivity contribution in [1.29, 1.82) is 0 Å². The summed E-state index contributed by atoms with van der Waals surface area (Å²) in [4.78, 5) is 7.91. The van der Waals surface area contributed by atoms with Crippen molar-refractivity contribution in [2.75, 3.05) is 0 Å². The molecule has 0 bridgehead atoms. The number of azo groups is 1. The van der Waals surface area contributed by atoms with Gasteiger partial charge in [-0.15, -0.1) is 0 Å². The summed E-state index contributed by atoms with van der Waals surface area (Å²) in [5, 5.41) is 7.63. The van der Waals surface area contributed by atoms with Gasteiger partial charge in [-0.25, -0.2) is 9.98 Å². The molecule has 0 saturated carbocycles. The molecule has 2 rings (SSSR count). The van der Waals surface area contributed by atoms with Crippen molar-refractivity contribution in [2.24, 2.45) is 26.1 Å². The van der Waals surface area contributed by atoms with E-state index in [1.807, 2.05) is 12.3 Å². The number of rotatable bonds is 0. The molecule has 0 aromatic heterocycles. The van der Waals surface area contributed by atoms with Crippen LogP contribution in [0.3, 0.4) is 0 Å². The van der Waals surface area contributed by atoms with Gasteiger partial charge in [-0.3, -0.25) is 0 Å². The molecule has 0 aromatic rings. The topological polar surface area (TPSA) is 49.4 Å². The standard InChI is InChI=1S/C6H6N4/c1-2-9-10-6-5(1)3-7-4-8-6/h1-6H. The second-order valence-corrected chi connectivity index (χ2v) is 2.13. The lowest BCUT2D eigenvalue weighted by Crippen LogP contribution is -2.19. The van der Waals surface area contributed by atoms with Crippen molar-refractivity contribution in [3.8, 4) is 0 Å². The van der Waals surface area contributed by atoms with Crippen LogP contribution < -0.4 is 0 Å². The zero-order valence-electron chi connectivity index (χ0n) is 5.25. The van der Waals surface area contributed by atoms with E-state index in [1.165, 1.54) is 6.34 Å². The molecule has 2 aliphatic heterocycles. The Hall–Kier alpha value is -1.32. The second kappa shape index (κ2) is 2.13. The van der Waals surface area contributed by atoms with Crippen LogP contribution in [-0.2, 0) is 0 Å². The fourth-order valence-corrected chi connectivity index (χ4v) is 0.922. The summed E-state index contributed by atoms with van der Waals surface area (Å²) in [7, 11) is 0. The van der Waals surface area contributed by atoms with Gasteiger partial charge in [-0.05, 0) is 0 Å². The number of hydrogen-bond acceptors (Lipinski definition) is 4. The Morgan fingerprint density at radius 2 is 2.30 bits per heavy atom. The van der Waals surface area contributed by atoms with Crippen LogP contribution in [0.1, 0.15) is 0 Å². The Morgan fingerprint density at radius 1 is 1.30 bits per heavy atom. The van der Waals surface area contributed by atoms with E-state index < -0.39 is 0 Å². The molecule has 0 radical (unpaired) electrons. The first-order valence-electron chi connectivity index (χ1n) is 3.08. The van der Waals surface area contributed by atoms with Gasteiger partial charge in [0.1, 0.15) is 6.34 Å². The van der Waals surface area contributed by atoms with Gasteiger partial charge in [-0.2, -0.15) is 10.2 Å². The molecule has 0 amide bonds. The first-order chi connectivity index (χ1) is 4.97. The van der Waals surface area contributed by atoms with Crippen molar-refractivity contribution >= 4 is 12.6 Å². The first kappa shape index (κ1) is 5.46. The van der Waals surface area contributed by atoms with E-state index in [0.29, 0.717) is 0 Å². The zero-order valence-corrected chi connectivity index (χ0v) is 5.25. The third kappa shape index (κ3) is 0.775. The van der Waals surface area contributed by atoms with E-state index in [4.69, 9.17) is 0 Å². The second-order valence-electron chi connectivity index (χ2n) is 2.13. The molecule has 10 heavy (non-hydrogen) atoms. The molecular weight excluding hydrogens is 128 g/mol. The van der Waals surface area contributed by atoms with Crippen LogP contribution in [0.2, 0.25) is 0 Å². The van der Waals surface area contributed by atoms with Gasteiger partial charge in [0.15, 0.2) is 6.17 Å². The Morgan fingerprint density at radius 3 is 3.20 bits per heavy atom. The minimum Gasteiger partial charge on any atom is -0.249 e. The van der Waals surface area contributed by atoms with Crippen LogP contribution in [0.25, 0.3) is 0 Å². The Labute approximate surface area is 58.1 Å². The van der Waals surface area contributed by atoms with Gasteiger partial charge in [-0.1, -0.05) is 6.08 Å². The largest absolute Gasteiger partial charge is 0.249 e. The molecule has 0 spiro atoms. The average molecular weight is 134 g/mol. The molecular formula is C6H6N4. The Kier molecular flexibility index (Phi) is 1.16. The van der Waals surface area contributed by atoms with Crippen molar-refractivity contribution < 1.29 is 0 Å². The number of nitrogens with zero attached hydrogens (tertiary/aromatic N) is 4. The van der Waals surface area contributed by atoms with Gasteiger partial charge in [0.25, 0.3) is 0 Å². The van der Waals surface area contributed by atoms with Gasteiger partial charge in [0.05, 0.1) is 5.92 Å². The molecule has 4 heteroatoms. The molecule has 2 aliphatic rings. The zero-order chi connectivity index (χ0) is 6.81. The molecule has 0 saturated heterocycles. The van der Waals surface area contributed by atoms with E-state index in [9.17, 15) is 0 Å². The van der Waals surface area contributed by atoms with Gasteiger partial charge < -0.3 is 0 Å². The van der Waals surface area contributed by atoms with Crippen molar-refractivity contribution in [1.82, 2.24) is 0 Å². The maximum absolute atomic E-state index is 4.02. The van der Waals surface area contributed by atoms with E-state index in [2.05, 4.69) is 20.2 Å². The number of fused-ring (bicyclic) bond motifs is 1. The highest BCUT2D eigenvalue weighted by atomic mass is 15.2. The van der Waals surface area contributed by atoms with Crippen LogP contribution in [0, 0.1) is 5.92 Å². The minimum absolute atomic E-state index is 0.0532. The van der Waals surface area contributed by atoms with Crippen LogP contribution >= 0.6 is 0 Å². The van der Waals surface area contributed by atoms with Crippen molar-refractivity contribution in [3.05, 3.63) is 12.3 Å². The van der Waals surface area contributed by atoms with E-state index >= 15 is 0 Å². The summed E-state index contributed by atoms with van der Waals surface area (Å²) < 4.78 is 0. The van der Waals surface area contributed by atoms with Crippen LogP contribution in [-0.4, -0.2) is 18.7 Å². The highest BCUT2D eigenvalue weighted by Crippen LogP contribution is 2.15. The lowest BCUT2D eigenvalue weighted by molar-refractivity contribution is 0.595. The summed E-state index contributed by atoms with van der Waals surface area (Å²) in [5.74, 6) is 0.225. The van der Waals surface area contributed by atoms with Crippen LogP contribution in [0.15, 0.2) is 32.5 Å². The summed E-state index contributed by atoms with van der Waals surface area (Å²) in [6, 6.07) is 0. The van der Waals surface area contributed by atoms with E-state index in [-0.39, 0.29) is 12.1 Å². The molecule has 2 unspecified atom stereocenters. The summed E-state index contributed by atoms with van der Waals surface area (Å²) in [6.07, 6.45) is 6.90. The predicted octanol–water partition coefficient (Wildman–Crippen LogP) is 1.02. The maximum Gasteiger partial charge on any atom is 0.173 e. The van der Waals surface area contributed by atoms with Gasteiger partial charge in [0.2, 0.25) is 0 Å². The monoisotopic (exact) mass is 134 g/mol. The fourth-order valence-electron chi connectivity index (χ4n) is 0.922. The van der Waals surface area contributed by atoms with Gasteiger partial charge in [0, 0.05) is 12.4 Å². The fraction of sp³-hybridized carbons (Fsp3) is 0.333. The lowest BCUT2D eigenvalue weighted by Gasteiger charge is -2.15. The molecule has 0 N–H and O–H groups in total. The average Bonchev–Trinajstić information content (AvgIpc) is 2.05.